The summed E-state index contributed by atoms with van der Waals surface area (Å²) >= 11 is 3.29. The Balaban J connectivity index is 0.00000169. The van der Waals surface area contributed by atoms with Crippen molar-refractivity contribution in [1.29, 1.82) is 0 Å². The highest BCUT2D eigenvalue weighted by molar-refractivity contribution is 9.10. The van der Waals surface area contributed by atoms with Gasteiger partial charge in [0, 0.05) is 5.56 Å². The van der Waals surface area contributed by atoms with Crippen molar-refractivity contribution in [3.05, 3.63) is 28.2 Å². The van der Waals surface area contributed by atoms with Gasteiger partial charge in [0.25, 0.3) is 0 Å². The Hall–Kier alpha value is -0.580. The highest BCUT2D eigenvalue weighted by atomic mass is 79.9. The van der Waals surface area contributed by atoms with Crippen LogP contribution in [0.1, 0.15) is 10.4 Å². The Morgan fingerprint density at radius 3 is 2.64 bits per heavy atom. The van der Waals surface area contributed by atoms with E-state index in [1.54, 1.807) is 25.3 Å². The molecule has 1 aromatic carbocycles. The number of carbonyl (C=O) groups excluding carboxylic acids is 1. The second kappa shape index (κ2) is 6.01. The third-order valence-electron chi connectivity index (χ3n) is 1.66. The highest BCUT2D eigenvalue weighted by Gasteiger charge is 2.06. The van der Waals surface area contributed by atoms with Crippen LogP contribution in [0.2, 0.25) is 0 Å². The van der Waals surface area contributed by atoms with Gasteiger partial charge in [0.2, 0.25) is 0 Å². The number of hydrogen-bond acceptors (Lipinski definition) is 3. The standard InChI is InChI=1S/C9H10BrNO2.ClH/c1-13-9-3-2-6(4-7(9)10)8(12)5-11;/h2-4H,5,11H2,1H3;1H. The molecular formula is C9H11BrClNO2. The number of Topliss-reactive ketones (excluding diaryl/α,β-unsaturated/α-hetero) is 1. The molecule has 14 heavy (non-hydrogen) atoms. The third kappa shape index (κ3) is 2.97. The average Bonchev–Trinajstić information content (AvgIpc) is 2.16. The smallest absolute Gasteiger partial charge is 0.176 e. The van der Waals surface area contributed by atoms with Crippen LogP contribution in [-0.2, 0) is 0 Å². The summed E-state index contributed by atoms with van der Waals surface area (Å²) in [6, 6.07) is 5.12. The van der Waals surface area contributed by atoms with Crippen molar-refractivity contribution in [3.63, 3.8) is 0 Å². The van der Waals surface area contributed by atoms with E-state index in [4.69, 9.17) is 10.5 Å². The molecule has 0 aliphatic rings. The van der Waals surface area contributed by atoms with Crippen molar-refractivity contribution in [2.45, 2.75) is 0 Å². The predicted octanol–water partition coefficient (Wildman–Crippen LogP) is 2.02. The Labute approximate surface area is 97.2 Å². The Morgan fingerprint density at radius 2 is 2.21 bits per heavy atom. The van der Waals surface area contributed by atoms with Gasteiger partial charge in [-0.3, -0.25) is 4.79 Å². The largest absolute Gasteiger partial charge is 0.496 e. The predicted molar refractivity (Wildman–Crippen MR) is 61.3 cm³/mol. The summed E-state index contributed by atoms with van der Waals surface area (Å²) in [5.74, 6) is 0.622. The van der Waals surface area contributed by atoms with Crippen LogP contribution in [-0.4, -0.2) is 19.4 Å². The molecule has 78 valence electrons. The summed E-state index contributed by atoms with van der Waals surface area (Å²) in [5.41, 5.74) is 5.82. The molecule has 0 fully saturated rings. The van der Waals surface area contributed by atoms with Crippen molar-refractivity contribution < 1.29 is 9.53 Å². The Kier molecular flexibility index (Phi) is 5.76. The van der Waals surface area contributed by atoms with Crippen LogP contribution in [0, 0.1) is 0 Å². The van der Waals surface area contributed by atoms with Crippen molar-refractivity contribution >= 4 is 34.1 Å². The average molecular weight is 281 g/mol. The first kappa shape index (κ1) is 13.4. The van der Waals surface area contributed by atoms with Gasteiger partial charge in [-0.25, -0.2) is 0 Å². The molecule has 3 nitrogen and oxygen atoms in total. The molecule has 0 aliphatic heterocycles. The first-order valence-corrected chi connectivity index (χ1v) is 4.55. The lowest BCUT2D eigenvalue weighted by atomic mass is 10.1. The first-order valence-electron chi connectivity index (χ1n) is 3.76. The van der Waals surface area contributed by atoms with Crippen LogP contribution in [0.15, 0.2) is 22.7 Å². The number of carbonyl (C=O) groups is 1. The van der Waals surface area contributed by atoms with Gasteiger partial charge in [0.05, 0.1) is 18.1 Å². The lowest BCUT2D eigenvalue weighted by Crippen LogP contribution is -2.13. The van der Waals surface area contributed by atoms with Crippen molar-refractivity contribution in [1.82, 2.24) is 0 Å². The molecule has 0 bridgehead atoms. The second-order valence-electron chi connectivity index (χ2n) is 2.48. The number of benzene rings is 1. The molecule has 0 heterocycles. The second-order valence-corrected chi connectivity index (χ2v) is 3.33. The van der Waals surface area contributed by atoms with Gasteiger partial charge in [0.1, 0.15) is 5.75 Å². The van der Waals surface area contributed by atoms with E-state index in [1.165, 1.54) is 0 Å². The normalized spacial score (nSPS) is 9.07. The molecular weight excluding hydrogens is 269 g/mol. The van der Waals surface area contributed by atoms with Crippen LogP contribution in [0.25, 0.3) is 0 Å². The Bertz CT molecular complexity index is 331. The summed E-state index contributed by atoms with van der Waals surface area (Å²) in [4.78, 5) is 11.2. The fraction of sp³-hybridized carbons (Fsp3) is 0.222. The molecule has 0 atom stereocenters. The van der Waals surface area contributed by atoms with E-state index >= 15 is 0 Å². The third-order valence-corrected chi connectivity index (χ3v) is 2.28. The van der Waals surface area contributed by atoms with Crippen molar-refractivity contribution in [2.24, 2.45) is 5.73 Å². The zero-order chi connectivity index (χ0) is 9.84. The molecule has 0 spiro atoms. The molecule has 0 aliphatic carbocycles. The summed E-state index contributed by atoms with van der Waals surface area (Å²) < 4.78 is 5.78. The van der Waals surface area contributed by atoms with Crippen LogP contribution < -0.4 is 10.5 Å². The van der Waals surface area contributed by atoms with Crippen LogP contribution in [0.4, 0.5) is 0 Å². The SMILES string of the molecule is COc1ccc(C(=O)CN)cc1Br.Cl. The number of hydrogen-bond donors (Lipinski definition) is 1. The topological polar surface area (TPSA) is 52.3 Å². The monoisotopic (exact) mass is 279 g/mol. The van der Waals surface area contributed by atoms with Crippen LogP contribution >= 0.6 is 28.3 Å². The number of nitrogens with two attached hydrogens (primary N) is 1. The van der Waals surface area contributed by atoms with Gasteiger partial charge in [-0.2, -0.15) is 0 Å². The Morgan fingerprint density at radius 1 is 1.57 bits per heavy atom. The number of ether oxygens (including phenoxy) is 1. The van der Waals surface area contributed by atoms with Crippen molar-refractivity contribution in [3.8, 4) is 5.75 Å². The van der Waals surface area contributed by atoms with Gasteiger partial charge in [0.15, 0.2) is 5.78 Å². The van der Waals surface area contributed by atoms with Crippen LogP contribution in [0.3, 0.4) is 0 Å². The summed E-state index contributed by atoms with van der Waals surface area (Å²) in [6.07, 6.45) is 0. The molecule has 1 aromatic rings. The molecule has 1 rings (SSSR count). The minimum Gasteiger partial charge on any atom is -0.496 e. The minimum absolute atomic E-state index is 0. The maximum Gasteiger partial charge on any atom is 0.176 e. The summed E-state index contributed by atoms with van der Waals surface area (Å²) in [6.45, 7) is 0.0266. The van der Waals surface area contributed by atoms with E-state index in [0.29, 0.717) is 11.3 Å². The number of methoxy groups -OCH3 is 1. The van der Waals surface area contributed by atoms with Gasteiger partial charge < -0.3 is 10.5 Å². The van der Waals surface area contributed by atoms with Gasteiger partial charge in [-0.05, 0) is 34.1 Å². The number of ketones is 1. The van der Waals surface area contributed by atoms with Crippen LogP contribution in [0.5, 0.6) is 5.75 Å². The van der Waals surface area contributed by atoms with Crippen molar-refractivity contribution in [2.75, 3.05) is 13.7 Å². The van der Waals surface area contributed by atoms with E-state index < -0.39 is 0 Å². The lowest BCUT2D eigenvalue weighted by Gasteiger charge is -2.04. The van der Waals surface area contributed by atoms with E-state index in [2.05, 4.69) is 15.9 Å². The fourth-order valence-corrected chi connectivity index (χ4v) is 1.50. The maximum absolute atomic E-state index is 11.2. The molecule has 0 aromatic heterocycles. The molecule has 0 unspecified atom stereocenters. The fourth-order valence-electron chi connectivity index (χ4n) is 0.958. The quantitative estimate of drug-likeness (QED) is 0.862. The molecule has 0 saturated heterocycles. The molecule has 2 N–H and O–H groups in total. The molecule has 0 radical (unpaired) electrons. The van der Waals surface area contributed by atoms with E-state index in [0.717, 1.165) is 4.47 Å². The summed E-state index contributed by atoms with van der Waals surface area (Å²) in [7, 11) is 1.57. The zero-order valence-corrected chi connectivity index (χ0v) is 10.0. The summed E-state index contributed by atoms with van der Waals surface area (Å²) in [5, 5.41) is 0. The molecule has 5 heteroatoms. The first-order chi connectivity index (χ1) is 6.19. The number of halogens is 2. The molecule has 0 saturated carbocycles. The van der Waals surface area contributed by atoms with Gasteiger partial charge >= 0.3 is 0 Å². The minimum atomic E-state index is -0.0802. The maximum atomic E-state index is 11.2. The van der Waals surface area contributed by atoms with E-state index in [9.17, 15) is 4.79 Å². The van der Waals surface area contributed by atoms with E-state index in [-0.39, 0.29) is 24.7 Å². The zero-order valence-electron chi connectivity index (χ0n) is 7.62. The van der Waals surface area contributed by atoms with E-state index in [1.807, 2.05) is 0 Å². The number of rotatable bonds is 3. The molecule has 0 amide bonds. The van der Waals surface area contributed by atoms with Gasteiger partial charge in [-0.1, -0.05) is 0 Å². The van der Waals surface area contributed by atoms with Gasteiger partial charge in [-0.15, -0.1) is 12.4 Å². The lowest BCUT2D eigenvalue weighted by molar-refractivity contribution is 0.100. The highest BCUT2D eigenvalue weighted by Crippen LogP contribution is 2.25.